The van der Waals surface area contributed by atoms with E-state index in [9.17, 15) is 13.0 Å². The van der Waals surface area contributed by atoms with Gasteiger partial charge in [-0.25, -0.2) is 8.78 Å². The summed E-state index contributed by atoms with van der Waals surface area (Å²) in [4.78, 5) is 0.421. The van der Waals surface area contributed by atoms with Gasteiger partial charge in [-0.15, -0.1) is 0 Å². The predicted molar refractivity (Wildman–Crippen MR) is 63.3 cm³/mol. The molecule has 1 aromatic carbocycles. The highest BCUT2D eigenvalue weighted by atomic mass is 32.2. The second-order valence-electron chi connectivity index (χ2n) is 4.24. The van der Waals surface area contributed by atoms with Crippen molar-refractivity contribution in [2.24, 2.45) is 0 Å². The Hall–Kier alpha value is -0.810. The summed E-state index contributed by atoms with van der Waals surface area (Å²) in [6.45, 7) is 4.62. The van der Waals surface area contributed by atoms with E-state index in [1.807, 2.05) is 13.8 Å². The van der Waals surface area contributed by atoms with Crippen molar-refractivity contribution in [3.8, 4) is 0 Å². The zero-order valence-electron chi connectivity index (χ0n) is 9.80. The largest absolute Gasteiger partial charge is 0.309 e. The lowest BCUT2D eigenvalue weighted by atomic mass is 10.0. The Morgan fingerprint density at radius 2 is 2.00 bits per heavy atom. The molecule has 2 nitrogen and oxygen atoms in total. The molecule has 5 heteroatoms. The average molecular weight is 259 g/mol. The quantitative estimate of drug-likeness (QED) is 0.903. The SMILES string of the molecule is CCCNC1c2cc(F)c(F)cc2S(=O)C1C. The minimum atomic E-state index is -1.26. The van der Waals surface area contributed by atoms with Gasteiger partial charge in [0.15, 0.2) is 11.6 Å². The topological polar surface area (TPSA) is 29.1 Å². The van der Waals surface area contributed by atoms with Crippen LogP contribution in [0, 0.1) is 11.6 Å². The molecule has 2 rings (SSSR count). The maximum Gasteiger partial charge on any atom is 0.160 e. The summed E-state index contributed by atoms with van der Waals surface area (Å²) in [5.74, 6) is -1.81. The first-order valence-corrected chi connectivity index (χ1v) is 6.90. The molecular weight excluding hydrogens is 244 g/mol. The van der Waals surface area contributed by atoms with Crippen LogP contribution in [0.25, 0.3) is 0 Å². The van der Waals surface area contributed by atoms with E-state index in [1.54, 1.807) is 0 Å². The molecule has 0 bridgehead atoms. The number of hydrogen-bond donors (Lipinski definition) is 1. The minimum absolute atomic E-state index is 0.152. The summed E-state index contributed by atoms with van der Waals surface area (Å²) < 4.78 is 38.4. The normalized spacial score (nSPS) is 27.2. The van der Waals surface area contributed by atoms with Gasteiger partial charge >= 0.3 is 0 Å². The van der Waals surface area contributed by atoms with Crippen LogP contribution in [0.3, 0.4) is 0 Å². The number of nitrogens with one attached hydrogen (secondary N) is 1. The molecular formula is C12H15F2NOS. The summed E-state index contributed by atoms with van der Waals surface area (Å²) in [5.41, 5.74) is 0.628. The fraction of sp³-hybridized carbons (Fsp3) is 0.500. The Kier molecular flexibility index (Phi) is 3.58. The zero-order valence-corrected chi connectivity index (χ0v) is 10.6. The third-order valence-corrected chi connectivity index (χ3v) is 4.76. The molecule has 0 saturated carbocycles. The molecule has 0 radical (unpaired) electrons. The van der Waals surface area contributed by atoms with Crippen molar-refractivity contribution in [2.75, 3.05) is 6.54 Å². The molecule has 0 fully saturated rings. The van der Waals surface area contributed by atoms with Gasteiger partial charge in [0.1, 0.15) is 0 Å². The number of hydrogen-bond acceptors (Lipinski definition) is 2. The van der Waals surface area contributed by atoms with E-state index in [4.69, 9.17) is 0 Å². The summed E-state index contributed by atoms with van der Waals surface area (Å²) in [6, 6.07) is 2.07. The molecule has 0 aromatic heterocycles. The van der Waals surface area contributed by atoms with Crippen LogP contribution in [-0.4, -0.2) is 16.0 Å². The Morgan fingerprint density at radius 1 is 1.35 bits per heavy atom. The Labute approximate surface area is 102 Å². The fourth-order valence-corrected chi connectivity index (χ4v) is 3.64. The van der Waals surface area contributed by atoms with Gasteiger partial charge < -0.3 is 5.32 Å². The van der Waals surface area contributed by atoms with E-state index < -0.39 is 22.4 Å². The highest BCUT2D eigenvalue weighted by Crippen LogP contribution is 2.37. The van der Waals surface area contributed by atoms with E-state index in [1.165, 1.54) is 6.07 Å². The van der Waals surface area contributed by atoms with E-state index in [0.717, 1.165) is 19.0 Å². The molecule has 1 N–H and O–H groups in total. The molecule has 3 unspecified atom stereocenters. The van der Waals surface area contributed by atoms with E-state index in [0.29, 0.717) is 10.5 Å². The van der Waals surface area contributed by atoms with E-state index in [-0.39, 0.29) is 11.3 Å². The molecule has 94 valence electrons. The van der Waals surface area contributed by atoms with Crippen molar-refractivity contribution in [3.63, 3.8) is 0 Å². The lowest BCUT2D eigenvalue weighted by Crippen LogP contribution is -2.28. The molecule has 1 aromatic rings. The van der Waals surface area contributed by atoms with E-state index in [2.05, 4.69) is 5.32 Å². The number of halogens is 2. The van der Waals surface area contributed by atoms with Crippen LogP contribution in [-0.2, 0) is 10.8 Å². The fourth-order valence-electron chi connectivity index (χ4n) is 2.11. The molecule has 0 amide bonds. The first-order chi connectivity index (χ1) is 8.06. The molecule has 3 atom stereocenters. The first-order valence-electron chi connectivity index (χ1n) is 5.69. The Bertz CT molecular complexity index is 464. The summed E-state index contributed by atoms with van der Waals surface area (Å²) >= 11 is 0. The number of rotatable bonds is 3. The number of benzene rings is 1. The van der Waals surface area contributed by atoms with Gasteiger partial charge in [0, 0.05) is 10.9 Å². The maximum absolute atomic E-state index is 13.2. The van der Waals surface area contributed by atoms with Crippen molar-refractivity contribution < 1.29 is 13.0 Å². The first kappa shape index (κ1) is 12.6. The molecule has 1 aliphatic rings. The Balaban J connectivity index is 2.41. The number of fused-ring (bicyclic) bond motifs is 1. The van der Waals surface area contributed by atoms with Crippen LogP contribution >= 0.6 is 0 Å². The van der Waals surface area contributed by atoms with Gasteiger partial charge in [-0.2, -0.15) is 0 Å². The molecule has 0 aliphatic carbocycles. The summed E-state index contributed by atoms with van der Waals surface area (Å²) in [7, 11) is -1.26. The molecule has 1 aliphatic heterocycles. The van der Waals surface area contributed by atoms with Crippen LogP contribution in [0.15, 0.2) is 17.0 Å². The van der Waals surface area contributed by atoms with Crippen LogP contribution in [0.4, 0.5) is 8.78 Å². The second kappa shape index (κ2) is 4.82. The van der Waals surface area contributed by atoms with Crippen LogP contribution in [0.2, 0.25) is 0 Å². The third-order valence-electron chi connectivity index (χ3n) is 3.03. The monoisotopic (exact) mass is 259 g/mol. The standard InChI is InChI=1S/C12H15F2NOS/c1-3-4-15-12-7(2)17(16)11-6-10(14)9(13)5-8(11)12/h5-7,12,15H,3-4H2,1-2H3. The van der Waals surface area contributed by atoms with Gasteiger partial charge in [0.25, 0.3) is 0 Å². The van der Waals surface area contributed by atoms with Gasteiger partial charge in [-0.05, 0) is 37.6 Å². The van der Waals surface area contributed by atoms with Gasteiger partial charge in [-0.3, -0.25) is 4.21 Å². The Morgan fingerprint density at radius 3 is 2.65 bits per heavy atom. The molecule has 0 saturated heterocycles. The highest BCUT2D eigenvalue weighted by molar-refractivity contribution is 7.86. The average Bonchev–Trinajstić information content (AvgIpc) is 2.52. The summed E-state index contributed by atoms with van der Waals surface area (Å²) in [6.07, 6.45) is 0.939. The smallest absolute Gasteiger partial charge is 0.160 e. The maximum atomic E-state index is 13.2. The van der Waals surface area contributed by atoms with Crippen molar-refractivity contribution >= 4 is 10.8 Å². The van der Waals surface area contributed by atoms with Gasteiger partial charge in [0.2, 0.25) is 0 Å². The third kappa shape index (κ3) is 2.13. The van der Waals surface area contributed by atoms with Crippen molar-refractivity contribution in [1.29, 1.82) is 0 Å². The van der Waals surface area contributed by atoms with Crippen molar-refractivity contribution in [3.05, 3.63) is 29.3 Å². The molecule has 1 heterocycles. The van der Waals surface area contributed by atoms with Crippen LogP contribution < -0.4 is 5.32 Å². The molecule has 17 heavy (non-hydrogen) atoms. The lowest BCUT2D eigenvalue weighted by molar-refractivity contribution is 0.491. The second-order valence-corrected chi connectivity index (χ2v) is 6.02. The highest BCUT2D eigenvalue weighted by Gasteiger charge is 2.36. The minimum Gasteiger partial charge on any atom is -0.309 e. The van der Waals surface area contributed by atoms with Crippen molar-refractivity contribution in [2.45, 2.75) is 36.5 Å². The van der Waals surface area contributed by atoms with E-state index >= 15 is 0 Å². The summed E-state index contributed by atoms with van der Waals surface area (Å²) in [5, 5.41) is 3.08. The van der Waals surface area contributed by atoms with Gasteiger partial charge in [-0.1, -0.05) is 6.92 Å². The van der Waals surface area contributed by atoms with Gasteiger partial charge in [0.05, 0.1) is 16.0 Å². The predicted octanol–water partition coefficient (Wildman–Crippen LogP) is 2.52. The van der Waals surface area contributed by atoms with Crippen molar-refractivity contribution in [1.82, 2.24) is 5.32 Å². The zero-order chi connectivity index (χ0) is 12.6. The molecule has 0 spiro atoms. The lowest BCUT2D eigenvalue weighted by Gasteiger charge is -2.16. The van der Waals surface area contributed by atoms with Crippen LogP contribution in [0.1, 0.15) is 31.9 Å². The van der Waals surface area contributed by atoms with Crippen LogP contribution in [0.5, 0.6) is 0 Å².